The topological polar surface area (TPSA) is 38.5 Å². The average Bonchev–Trinajstić information content (AvgIpc) is 2.40. The molecular formula is C15H28N2O. The van der Waals surface area contributed by atoms with Crippen LogP contribution in [0.25, 0.3) is 0 Å². The van der Waals surface area contributed by atoms with E-state index in [1.165, 1.54) is 70.9 Å². The molecule has 3 heteroatoms. The van der Waals surface area contributed by atoms with Gasteiger partial charge in [-0.05, 0) is 51.6 Å². The van der Waals surface area contributed by atoms with Crippen molar-refractivity contribution in [3.05, 3.63) is 0 Å². The van der Waals surface area contributed by atoms with Gasteiger partial charge in [-0.25, -0.2) is 0 Å². The van der Waals surface area contributed by atoms with E-state index in [2.05, 4.69) is 4.90 Å². The zero-order valence-electron chi connectivity index (χ0n) is 11.6. The summed E-state index contributed by atoms with van der Waals surface area (Å²) < 4.78 is 6.20. The highest BCUT2D eigenvalue weighted by molar-refractivity contribution is 4.94. The molecule has 1 unspecified atom stereocenters. The highest BCUT2D eigenvalue weighted by atomic mass is 16.5. The Balaban J connectivity index is 1.59. The fourth-order valence-electron chi connectivity index (χ4n) is 4.14. The molecule has 0 aromatic heterocycles. The second-order valence-corrected chi connectivity index (χ2v) is 6.61. The van der Waals surface area contributed by atoms with E-state index in [9.17, 15) is 0 Å². The second-order valence-electron chi connectivity index (χ2n) is 6.61. The summed E-state index contributed by atoms with van der Waals surface area (Å²) in [5.41, 5.74) is 6.26. The summed E-state index contributed by atoms with van der Waals surface area (Å²) in [7, 11) is 0. The van der Waals surface area contributed by atoms with Gasteiger partial charge in [0.1, 0.15) is 0 Å². The van der Waals surface area contributed by atoms with Gasteiger partial charge in [-0.2, -0.15) is 0 Å². The monoisotopic (exact) mass is 252 g/mol. The molecule has 1 saturated carbocycles. The van der Waals surface area contributed by atoms with E-state index in [-0.39, 0.29) is 5.60 Å². The number of nitrogens with zero attached hydrogens (tertiary/aromatic N) is 1. The Kier molecular flexibility index (Phi) is 3.92. The molecule has 2 aliphatic heterocycles. The maximum atomic E-state index is 6.20. The molecule has 0 bridgehead atoms. The largest absolute Gasteiger partial charge is 0.375 e. The standard InChI is InChI=1S/C15H28N2O/c16-13-4-9-17(10-5-13)14-6-11-18-15(12-14)7-2-1-3-8-15/h13-14H,1-12,16H2. The minimum Gasteiger partial charge on any atom is -0.375 e. The van der Waals surface area contributed by atoms with Crippen molar-refractivity contribution in [2.45, 2.75) is 75.5 Å². The Morgan fingerprint density at radius 2 is 1.72 bits per heavy atom. The van der Waals surface area contributed by atoms with E-state index in [0.29, 0.717) is 6.04 Å². The number of hydrogen-bond donors (Lipinski definition) is 1. The fraction of sp³-hybridized carbons (Fsp3) is 1.00. The molecule has 3 nitrogen and oxygen atoms in total. The quantitative estimate of drug-likeness (QED) is 0.778. The molecule has 18 heavy (non-hydrogen) atoms. The lowest BCUT2D eigenvalue weighted by atomic mass is 9.77. The summed E-state index contributed by atoms with van der Waals surface area (Å²) in [5.74, 6) is 0. The number of ether oxygens (including phenoxy) is 1. The first-order valence-corrected chi connectivity index (χ1v) is 7.91. The van der Waals surface area contributed by atoms with Gasteiger partial charge in [0.2, 0.25) is 0 Å². The number of nitrogens with two attached hydrogens (primary N) is 1. The van der Waals surface area contributed by atoms with E-state index in [4.69, 9.17) is 10.5 Å². The zero-order chi connectivity index (χ0) is 12.4. The van der Waals surface area contributed by atoms with Crippen molar-refractivity contribution in [2.75, 3.05) is 19.7 Å². The van der Waals surface area contributed by atoms with Crippen LogP contribution in [0.5, 0.6) is 0 Å². The van der Waals surface area contributed by atoms with Crippen LogP contribution >= 0.6 is 0 Å². The van der Waals surface area contributed by atoms with E-state index >= 15 is 0 Å². The number of rotatable bonds is 1. The molecule has 0 aromatic carbocycles. The predicted molar refractivity (Wildman–Crippen MR) is 73.6 cm³/mol. The molecule has 3 rings (SSSR count). The molecule has 104 valence electrons. The highest BCUT2D eigenvalue weighted by Crippen LogP contribution is 2.40. The van der Waals surface area contributed by atoms with Gasteiger partial charge in [-0.15, -0.1) is 0 Å². The van der Waals surface area contributed by atoms with Crippen molar-refractivity contribution in [1.82, 2.24) is 4.90 Å². The Labute approximate surface area is 111 Å². The SMILES string of the molecule is NC1CCN(C2CCOC3(CCCCC3)C2)CC1. The number of likely N-dealkylation sites (tertiary alicyclic amines) is 1. The van der Waals surface area contributed by atoms with Gasteiger partial charge in [0, 0.05) is 18.7 Å². The molecule has 2 heterocycles. The molecule has 2 saturated heterocycles. The summed E-state index contributed by atoms with van der Waals surface area (Å²) >= 11 is 0. The van der Waals surface area contributed by atoms with Gasteiger partial charge < -0.3 is 15.4 Å². The zero-order valence-corrected chi connectivity index (χ0v) is 11.6. The lowest BCUT2D eigenvalue weighted by Gasteiger charge is -2.47. The highest BCUT2D eigenvalue weighted by Gasteiger charge is 2.40. The summed E-state index contributed by atoms with van der Waals surface area (Å²) in [6.07, 6.45) is 11.6. The van der Waals surface area contributed by atoms with Gasteiger partial charge in [-0.1, -0.05) is 19.3 Å². The van der Waals surface area contributed by atoms with Crippen molar-refractivity contribution in [3.8, 4) is 0 Å². The van der Waals surface area contributed by atoms with Crippen LogP contribution in [0, 0.1) is 0 Å². The molecule has 0 amide bonds. The van der Waals surface area contributed by atoms with Gasteiger partial charge in [-0.3, -0.25) is 0 Å². The van der Waals surface area contributed by atoms with Crippen LogP contribution in [0.2, 0.25) is 0 Å². The normalized spacial score (nSPS) is 34.8. The summed E-state index contributed by atoms with van der Waals surface area (Å²) in [6.45, 7) is 3.40. The van der Waals surface area contributed by atoms with Gasteiger partial charge in [0.15, 0.2) is 0 Å². The van der Waals surface area contributed by atoms with Gasteiger partial charge >= 0.3 is 0 Å². The Hall–Kier alpha value is -0.120. The number of piperidine rings is 1. The van der Waals surface area contributed by atoms with Crippen LogP contribution in [-0.2, 0) is 4.74 Å². The van der Waals surface area contributed by atoms with E-state index < -0.39 is 0 Å². The summed E-state index contributed by atoms with van der Waals surface area (Å²) in [4.78, 5) is 2.70. The van der Waals surface area contributed by atoms with Crippen LogP contribution in [-0.4, -0.2) is 42.3 Å². The van der Waals surface area contributed by atoms with E-state index in [1.807, 2.05) is 0 Å². The minimum atomic E-state index is 0.251. The Morgan fingerprint density at radius 3 is 2.44 bits per heavy atom. The smallest absolute Gasteiger partial charge is 0.0697 e. The van der Waals surface area contributed by atoms with Crippen LogP contribution < -0.4 is 5.73 Å². The van der Waals surface area contributed by atoms with Crippen LogP contribution in [0.4, 0.5) is 0 Å². The molecular weight excluding hydrogens is 224 g/mol. The first-order valence-electron chi connectivity index (χ1n) is 7.91. The minimum absolute atomic E-state index is 0.251. The molecule has 2 N–H and O–H groups in total. The first kappa shape index (κ1) is 12.9. The van der Waals surface area contributed by atoms with E-state index in [1.54, 1.807) is 0 Å². The van der Waals surface area contributed by atoms with Crippen molar-refractivity contribution >= 4 is 0 Å². The van der Waals surface area contributed by atoms with Crippen LogP contribution in [0.3, 0.4) is 0 Å². The first-order chi connectivity index (χ1) is 8.77. The third-order valence-electron chi connectivity index (χ3n) is 5.32. The average molecular weight is 252 g/mol. The molecule has 0 radical (unpaired) electrons. The Bertz CT molecular complexity index is 262. The van der Waals surface area contributed by atoms with E-state index in [0.717, 1.165) is 12.6 Å². The Morgan fingerprint density at radius 1 is 1.00 bits per heavy atom. The van der Waals surface area contributed by atoms with Crippen molar-refractivity contribution < 1.29 is 4.74 Å². The molecule has 1 atom stereocenters. The molecule has 1 aliphatic carbocycles. The molecule has 0 aromatic rings. The predicted octanol–water partition coefficient (Wildman–Crippen LogP) is 2.29. The lowest BCUT2D eigenvalue weighted by molar-refractivity contribution is -0.125. The van der Waals surface area contributed by atoms with Crippen molar-refractivity contribution in [2.24, 2.45) is 5.73 Å². The van der Waals surface area contributed by atoms with Crippen molar-refractivity contribution in [3.63, 3.8) is 0 Å². The summed E-state index contributed by atoms with van der Waals surface area (Å²) in [6, 6.07) is 1.22. The lowest BCUT2D eigenvalue weighted by Crippen LogP contribution is -2.52. The molecule has 3 fully saturated rings. The second kappa shape index (κ2) is 5.48. The third kappa shape index (κ3) is 2.73. The number of hydrogen-bond acceptors (Lipinski definition) is 3. The summed E-state index contributed by atoms with van der Waals surface area (Å²) in [5, 5.41) is 0. The fourth-order valence-corrected chi connectivity index (χ4v) is 4.14. The van der Waals surface area contributed by atoms with Gasteiger partial charge in [0.05, 0.1) is 5.60 Å². The van der Waals surface area contributed by atoms with Crippen molar-refractivity contribution in [1.29, 1.82) is 0 Å². The van der Waals surface area contributed by atoms with Crippen LogP contribution in [0.1, 0.15) is 57.8 Å². The van der Waals surface area contributed by atoms with Gasteiger partial charge in [0.25, 0.3) is 0 Å². The maximum Gasteiger partial charge on any atom is 0.0697 e. The molecule has 1 spiro atoms. The van der Waals surface area contributed by atoms with Crippen LogP contribution in [0.15, 0.2) is 0 Å². The molecule has 3 aliphatic rings. The maximum absolute atomic E-state index is 6.20. The third-order valence-corrected chi connectivity index (χ3v) is 5.32.